The molecule has 0 amide bonds. The maximum Gasteiger partial charge on any atom is 0.131 e. The van der Waals surface area contributed by atoms with E-state index < -0.39 is 0 Å². The van der Waals surface area contributed by atoms with Crippen molar-refractivity contribution in [3.05, 3.63) is 12.4 Å². The number of ether oxygens (including phenoxy) is 2. The summed E-state index contributed by atoms with van der Waals surface area (Å²) in [6.45, 7) is 3.42. The number of aromatic nitrogens is 2. The van der Waals surface area contributed by atoms with Gasteiger partial charge in [0.15, 0.2) is 0 Å². The minimum atomic E-state index is 0.355. The second-order valence-corrected chi connectivity index (χ2v) is 5.70. The van der Waals surface area contributed by atoms with Gasteiger partial charge >= 0.3 is 0 Å². The molecule has 0 bridgehead atoms. The summed E-state index contributed by atoms with van der Waals surface area (Å²) in [4.78, 5) is 8.54. The van der Waals surface area contributed by atoms with Gasteiger partial charge in [0.05, 0.1) is 18.8 Å². The van der Waals surface area contributed by atoms with Gasteiger partial charge in [0.25, 0.3) is 0 Å². The van der Waals surface area contributed by atoms with Gasteiger partial charge in [-0.25, -0.2) is 9.97 Å². The van der Waals surface area contributed by atoms with Crippen molar-refractivity contribution in [3.63, 3.8) is 0 Å². The summed E-state index contributed by atoms with van der Waals surface area (Å²) in [6, 6.07) is 2.32. The lowest BCUT2D eigenvalue weighted by Gasteiger charge is -2.23. The Hall–Kier alpha value is -1.40. The molecule has 3 heterocycles. The summed E-state index contributed by atoms with van der Waals surface area (Å²) in [5, 5.41) is 6.76. The molecule has 0 aromatic carbocycles. The number of nitrogens with zero attached hydrogens (tertiary/aromatic N) is 2. The minimum Gasteiger partial charge on any atom is -0.379 e. The maximum absolute atomic E-state index is 5.62. The van der Waals surface area contributed by atoms with Crippen LogP contribution < -0.4 is 10.6 Å². The molecule has 0 unspecified atom stereocenters. The van der Waals surface area contributed by atoms with E-state index in [-0.39, 0.29) is 0 Å². The van der Waals surface area contributed by atoms with Gasteiger partial charge < -0.3 is 20.1 Å². The summed E-state index contributed by atoms with van der Waals surface area (Å²) < 4.78 is 11.1. The monoisotopic (exact) mass is 292 g/mol. The topological polar surface area (TPSA) is 68.3 Å². The highest BCUT2D eigenvalue weighted by molar-refractivity contribution is 5.46. The Morgan fingerprint density at radius 1 is 1.14 bits per heavy atom. The summed E-state index contributed by atoms with van der Waals surface area (Å²) in [6.07, 6.45) is 7.65. The Morgan fingerprint density at radius 2 is 2.05 bits per heavy atom. The third-order valence-corrected chi connectivity index (χ3v) is 3.98. The van der Waals surface area contributed by atoms with Gasteiger partial charge in [-0.1, -0.05) is 0 Å². The lowest BCUT2D eigenvalue weighted by molar-refractivity contribution is 0.0875. The SMILES string of the molecule is c1nc(NCC[C@H]2CCCO2)cc(N[C@H]2CCCOC2)n1. The van der Waals surface area contributed by atoms with Crippen LogP contribution in [0.3, 0.4) is 0 Å². The molecule has 6 heteroatoms. The molecular weight excluding hydrogens is 268 g/mol. The van der Waals surface area contributed by atoms with E-state index in [0.717, 1.165) is 57.3 Å². The van der Waals surface area contributed by atoms with Crippen molar-refractivity contribution < 1.29 is 9.47 Å². The molecule has 2 saturated heterocycles. The molecule has 0 saturated carbocycles. The molecule has 0 aliphatic carbocycles. The van der Waals surface area contributed by atoms with E-state index in [2.05, 4.69) is 20.6 Å². The van der Waals surface area contributed by atoms with Gasteiger partial charge in [-0.3, -0.25) is 0 Å². The van der Waals surface area contributed by atoms with Crippen molar-refractivity contribution in [1.29, 1.82) is 0 Å². The van der Waals surface area contributed by atoms with Crippen molar-refractivity contribution in [2.45, 2.75) is 44.2 Å². The number of hydrogen-bond donors (Lipinski definition) is 2. The molecule has 21 heavy (non-hydrogen) atoms. The van der Waals surface area contributed by atoms with Crippen LogP contribution >= 0.6 is 0 Å². The van der Waals surface area contributed by atoms with Gasteiger partial charge in [0, 0.05) is 25.8 Å². The molecular formula is C15H24N4O2. The number of rotatable bonds is 6. The summed E-state index contributed by atoms with van der Waals surface area (Å²) >= 11 is 0. The van der Waals surface area contributed by atoms with Crippen LogP contribution in [0.4, 0.5) is 11.6 Å². The third-order valence-electron chi connectivity index (χ3n) is 3.98. The lowest BCUT2D eigenvalue weighted by Crippen LogP contribution is -2.30. The van der Waals surface area contributed by atoms with E-state index >= 15 is 0 Å². The number of hydrogen-bond acceptors (Lipinski definition) is 6. The number of nitrogens with one attached hydrogen (secondary N) is 2. The highest BCUT2D eigenvalue weighted by atomic mass is 16.5. The second kappa shape index (κ2) is 7.56. The van der Waals surface area contributed by atoms with Gasteiger partial charge in [0.1, 0.15) is 18.0 Å². The van der Waals surface area contributed by atoms with Gasteiger partial charge in [-0.05, 0) is 32.1 Å². The van der Waals surface area contributed by atoms with Gasteiger partial charge in [-0.15, -0.1) is 0 Å². The fourth-order valence-corrected chi connectivity index (χ4v) is 2.83. The molecule has 6 nitrogen and oxygen atoms in total. The van der Waals surface area contributed by atoms with Crippen molar-refractivity contribution in [2.75, 3.05) is 37.0 Å². The standard InChI is InChI=1S/C15H24N4O2/c1-3-12(10-20-7-1)19-15-9-14(17-11-18-15)16-6-5-13-4-2-8-21-13/h9,11-13H,1-8,10H2,(H2,16,17,18,19)/t12-,13+/m0/s1. The van der Waals surface area contributed by atoms with E-state index in [1.54, 1.807) is 6.33 Å². The maximum atomic E-state index is 5.62. The highest BCUT2D eigenvalue weighted by Gasteiger charge is 2.15. The third kappa shape index (κ3) is 4.54. The predicted octanol–water partition coefficient (Wildman–Crippen LogP) is 2.05. The molecule has 116 valence electrons. The summed E-state index contributed by atoms with van der Waals surface area (Å²) in [7, 11) is 0. The van der Waals surface area contributed by atoms with E-state index in [0.29, 0.717) is 12.1 Å². The average Bonchev–Trinajstić information content (AvgIpc) is 3.02. The van der Waals surface area contributed by atoms with Crippen LogP contribution in [0.2, 0.25) is 0 Å². The Bertz CT molecular complexity index is 431. The van der Waals surface area contributed by atoms with Gasteiger partial charge in [0.2, 0.25) is 0 Å². The average molecular weight is 292 g/mol. The van der Waals surface area contributed by atoms with Crippen molar-refractivity contribution in [2.24, 2.45) is 0 Å². The fourth-order valence-electron chi connectivity index (χ4n) is 2.83. The minimum absolute atomic E-state index is 0.355. The molecule has 3 rings (SSSR count). The molecule has 2 atom stereocenters. The van der Waals surface area contributed by atoms with E-state index in [4.69, 9.17) is 9.47 Å². The predicted molar refractivity (Wildman–Crippen MR) is 81.6 cm³/mol. The molecule has 2 fully saturated rings. The first-order valence-electron chi connectivity index (χ1n) is 7.92. The van der Waals surface area contributed by atoms with Crippen LogP contribution in [-0.2, 0) is 9.47 Å². The van der Waals surface area contributed by atoms with Crippen LogP contribution in [0.25, 0.3) is 0 Å². The fraction of sp³-hybridized carbons (Fsp3) is 0.733. The Morgan fingerprint density at radius 3 is 2.86 bits per heavy atom. The molecule has 1 aromatic heterocycles. The van der Waals surface area contributed by atoms with E-state index in [1.165, 1.54) is 12.8 Å². The zero-order valence-corrected chi connectivity index (χ0v) is 12.4. The first-order chi connectivity index (χ1) is 10.4. The van der Waals surface area contributed by atoms with Crippen LogP contribution in [0.1, 0.15) is 32.1 Å². The van der Waals surface area contributed by atoms with E-state index in [1.807, 2.05) is 6.07 Å². The van der Waals surface area contributed by atoms with Crippen LogP contribution in [0.5, 0.6) is 0 Å². The smallest absolute Gasteiger partial charge is 0.131 e. The number of anilines is 2. The normalized spacial score (nSPS) is 25.7. The van der Waals surface area contributed by atoms with Crippen molar-refractivity contribution >= 4 is 11.6 Å². The zero-order valence-electron chi connectivity index (χ0n) is 12.4. The quantitative estimate of drug-likeness (QED) is 0.836. The largest absolute Gasteiger partial charge is 0.379 e. The Kier molecular flexibility index (Phi) is 5.23. The summed E-state index contributed by atoms with van der Waals surface area (Å²) in [5.74, 6) is 1.72. The molecule has 2 aliphatic heterocycles. The second-order valence-electron chi connectivity index (χ2n) is 5.70. The molecule has 0 spiro atoms. The molecule has 1 aromatic rings. The molecule has 0 radical (unpaired) electrons. The van der Waals surface area contributed by atoms with Crippen LogP contribution in [-0.4, -0.2) is 48.5 Å². The highest BCUT2D eigenvalue weighted by Crippen LogP contribution is 2.17. The van der Waals surface area contributed by atoms with E-state index in [9.17, 15) is 0 Å². The summed E-state index contributed by atoms with van der Waals surface area (Å²) in [5.41, 5.74) is 0. The molecule has 2 aliphatic rings. The zero-order chi connectivity index (χ0) is 14.3. The lowest BCUT2D eigenvalue weighted by atomic mass is 10.1. The van der Waals surface area contributed by atoms with Crippen LogP contribution in [0.15, 0.2) is 12.4 Å². The molecule has 2 N–H and O–H groups in total. The Labute approximate surface area is 125 Å². The van der Waals surface area contributed by atoms with Crippen molar-refractivity contribution in [1.82, 2.24) is 9.97 Å². The first kappa shape index (κ1) is 14.5. The van der Waals surface area contributed by atoms with Gasteiger partial charge in [-0.2, -0.15) is 0 Å². The van der Waals surface area contributed by atoms with Crippen LogP contribution in [0, 0.1) is 0 Å². The first-order valence-corrected chi connectivity index (χ1v) is 7.92. The van der Waals surface area contributed by atoms with Crippen molar-refractivity contribution in [3.8, 4) is 0 Å². The Balaban J connectivity index is 1.45.